The predicted octanol–water partition coefficient (Wildman–Crippen LogP) is 7.69. The molecule has 0 nitrogen and oxygen atoms in total. The second-order valence-corrected chi connectivity index (χ2v) is 16.6. The molecule has 0 bridgehead atoms. The topological polar surface area (TPSA) is 0 Å². The van der Waals surface area contributed by atoms with Gasteiger partial charge in [0.2, 0.25) is 0 Å². The van der Waals surface area contributed by atoms with E-state index in [2.05, 4.69) is 84.0 Å². The lowest BCUT2D eigenvalue weighted by Crippen LogP contribution is -2.26. The molecule has 2 heterocycles. The van der Waals surface area contributed by atoms with Gasteiger partial charge in [0.05, 0.1) is 0 Å². The SMILES string of the molecule is CC(C)(C)P1Cc2ccccc2C1C1C2=CC=CCC2C[P@@]1C(C)(C)C. The van der Waals surface area contributed by atoms with Gasteiger partial charge in [0.1, 0.15) is 0 Å². The Morgan fingerprint density at radius 3 is 2.27 bits per heavy atom. The lowest BCUT2D eigenvalue weighted by molar-refractivity contribution is 0.681. The quantitative estimate of drug-likeness (QED) is 0.435. The van der Waals surface area contributed by atoms with Crippen molar-refractivity contribution in [1.82, 2.24) is 0 Å². The van der Waals surface area contributed by atoms with Crippen molar-refractivity contribution in [1.29, 1.82) is 0 Å². The fourth-order valence-electron chi connectivity index (χ4n) is 5.20. The van der Waals surface area contributed by atoms with Crippen molar-refractivity contribution in [2.75, 3.05) is 6.16 Å². The van der Waals surface area contributed by atoms with Crippen LogP contribution >= 0.6 is 15.8 Å². The van der Waals surface area contributed by atoms with Crippen molar-refractivity contribution >= 4 is 15.8 Å². The molecule has 0 aromatic heterocycles. The highest BCUT2D eigenvalue weighted by atomic mass is 31.1. The molecule has 0 spiro atoms. The van der Waals surface area contributed by atoms with E-state index < -0.39 is 0 Å². The molecule has 5 atom stereocenters. The number of fused-ring (bicyclic) bond motifs is 2. The molecule has 1 aliphatic carbocycles. The molecular formula is C24H34P2. The van der Waals surface area contributed by atoms with Crippen LogP contribution in [0.25, 0.3) is 0 Å². The Bertz CT molecular complexity index is 744. The summed E-state index contributed by atoms with van der Waals surface area (Å²) in [5.74, 6) is 0.819. The number of rotatable bonds is 1. The van der Waals surface area contributed by atoms with Gasteiger partial charge in [0.25, 0.3) is 0 Å². The van der Waals surface area contributed by atoms with E-state index >= 15 is 0 Å². The van der Waals surface area contributed by atoms with Crippen molar-refractivity contribution in [2.24, 2.45) is 5.92 Å². The Hall–Kier alpha value is -0.440. The van der Waals surface area contributed by atoms with Crippen molar-refractivity contribution in [3.05, 3.63) is 59.2 Å². The van der Waals surface area contributed by atoms with Crippen LogP contribution in [-0.2, 0) is 6.16 Å². The summed E-state index contributed by atoms with van der Waals surface area (Å²) < 4.78 is 0. The van der Waals surface area contributed by atoms with Gasteiger partial charge < -0.3 is 0 Å². The normalized spacial score (nSPS) is 33.8. The van der Waals surface area contributed by atoms with Crippen LogP contribution in [0.4, 0.5) is 0 Å². The third-order valence-corrected chi connectivity index (χ3v) is 14.2. The van der Waals surface area contributed by atoms with Crippen LogP contribution in [0, 0.1) is 5.92 Å². The Labute approximate surface area is 163 Å². The maximum absolute atomic E-state index is 2.52. The molecule has 0 radical (unpaired) electrons. The first-order valence-electron chi connectivity index (χ1n) is 10.2. The fraction of sp³-hybridized carbons (Fsp3) is 0.583. The minimum atomic E-state index is -0.0423. The molecule has 3 aliphatic rings. The maximum Gasteiger partial charge on any atom is 0.0158 e. The monoisotopic (exact) mass is 384 g/mol. The largest absolute Gasteiger partial charge is 0.0922 e. The van der Waals surface area contributed by atoms with Gasteiger partial charge in [-0.15, -0.1) is 0 Å². The summed E-state index contributed by atoms with van der Waals surface area (Å²) in [7, 11) is -0.0435. The third kappa shape index (κ3) is 3.16. The average Bonchev–Trinajstić information content (AvgIpc) is 3.12. The van der Waals surface area contributed by atoms with Crippen LogP contribution in [0.2, 0.25) is 0 Å². The molecule has 140 valence electrons. The minimum absolute atomic E-state index is 0.00122. The maximum atomic E-state index is 2.52. The van der Waals surface area contributed by atoms with Crippen molar-refractivity contribution in [3.8, 4) is 0 Å². The summed E-state index contributed by atoms with van der Waals surface area (Å²) in [4.78, 5) is 0. The van der Waals surface area contributed by atoms with Gasteiger partial charge in [0.15, 0.2) is 0 Å². The summed E-state index contributed by atoms with van der Waals surface area (Å²) in [5.41, 5.74) is 6.74. The van der Waals surface area contributed by atoms with Crippen LogP contribution in [0.5, 0.6) is 0 Å². The van der Waals surface area contributed by atoms with Gasteiger partial charge in [-0.25, -0.2) is 0 Å². The van der Waals surface area contributed by atoms with Crippen LogP contribution in [0.1, 0.15) is 64.7 Å². The number of hydrogen-bond donors (Lipinski definition) is 0. The third-order valence-electron chi connectivity index (χ3n) is 6.48. The van der Waals surface area contributed by atoms with Crippen molar-refractivity contribution < 1.29 is 0 Å². The second kappa shape index (κ2) is 6.57. The summed E-state index contributed by atoms with van der Waals surface area (Å²) in [6, 6.07) is 9.42. The molecule has 4 unspecified atom stereocenters. The Morgan fingerprint density at radius 2 is 1.58 bits per heavy atom. The van der Waals surface area contributed by atoms with Gasteiger partial charge in [-0.1, -0.05) is 105 Å². The Kier molecular flexibility index (Phi) is 4.77. The smallest absolute Gasteiger partial charge is 0.0158 e. The van der Waals surface area contributed by atoms with Crippen LogP contribution in [0.3, 0.4) is 0 Å². The zero-order valence-corrected chi connectivity index (χ0v) is 19.1. The van der Waals surface area contributed by atoms with Crippen molar-refractivity contribution in [2.45, 2.75) is 75.8 Å². The highest BCUT2D eigenvalue weighted by Crippen LogP contribution is 2.77. The molecule has 1 aromatic rings. The molecule has 4 rings (SSSR count). The zero-order valence-electron chi connectivity index (χ0n) is 17.3. The Morgan fingerprint density at radius 1 is 0.885 bits per heavy atom. The molecule has 1 aromatic carbocycles. The second-order valence-electron chi connectivity index (χ2n) is 10.2. The first kappa shape index (κ1) is 18.9. The minimum Gasteiger partial charge on any atom is -0.0922 e. The standard InChI is InChI=1S/C24H34P2/c1-23(2,3)25-15-17-11-7-9-13-19(17)21(25)22-20-14-10-8-12-18(20)16-26(22)24(4,5)6/h7-11,13-14,18,21-22H,12,15-16H2,1-6H3/t18?,21?,22?,25?,26-/m1/s1. The van der Waals surface area contributed by atoms with E-state index in [4.69, 9.17) is 0 Å². The highest BCUT2D eigenvalue weighted by molar-refractivity contribution is 7.64. The van der Waals surface area contributed by atoms with Crippen LogP contribution in [0.15, 0.2) is 48.1 Å². The number of benzene rings is 1. The van der Waals surface area contributed by atoms with E-state index in [0.29, 0.717) is 10.3 Å². The van der Waals surface area contributed by atoms with Crippen LogP contribution < -0.4 is 0 Å². The lowest BCUT2D eigenvalue weighted by Gasteiger charge is -2.42. The van der Waals surface area contributed by atoms with E-state index in [1.165, 1.54) is 18.7 Å². The van der Waals surface area contributed by atoms with Gasteiger partial charge in [0, 0.05) is 11.3 Å². The summed E-state index contributed by atoms with van der Waals surface area (Å²) in [6.07, 6.45) is 11.3. The number of allylic oxidation sites excluding steroid dienone is 4. The molecule has 2 aliphatic heterocycles. The van der Waals surface area contributed by atoms with E-state index in [1.807, 2.05) is 5.57 Å². The van der Waals surface area contributed by atoms with Crippen LogP contribution in [-0.4, -0.2) is 22.1 Å². The summed E-state index contributed by atoms with van der Waals surface area (Å²) >= 11 is 0. The van der Waals surface area contributed by atoms with Crippen molar-refractivity contribution in [3.63, 3.8) is 0 Å². The van der Waals surface area contributed by atoms with Gasteiger partial charge in [-0.2, -0.15) is 0 Å². The molecule has 2 heteroatoms. The average molecular weight is 384 g/mol. The molecule has 26 heavy (non-hydrogen) atoms. The summed E-state index contributed by atoms with van der Waals surface area (Å²) in [5, 5.41) is 0.857. The van der Waals surface area contributed by atoms with Gasteiger partial charge in [-0.05, 0) is 46.1 Å². The first-order chi connectivity index (χ1) is 12.2. The fourth-order valence-corrected chi connectivity index (χ4v) is 13.0. The highest BCUT2D eigenvalue weighted by Gasteiger charge is 2.52. The lowest BCUT2D eigenvalue weighted by atomic mass is 9.88. The predicted molar refractivity (Wildman–Crippen MR) is 120 cm³/mol. The molecule has 0 N–H and O–H groups in total. The molecular weight excluding hydrogens is 350 g/mol. The molecule has 1 saturated heterocycles. The zero-order chi connectivity index (χ0) is 18.7. The molecule has 0 amide bonds. The number of hydrogen-bond acceptors (Lipinski definition) is 0. The molecule has 0 saturated carbocycles. The van der Waals surface area contributed by atoms with E-state index in [1.54, 1.807) is 11.1 Å². The van der Waals surface area contributed by atoms with E-state index in [-0.39, 0.29) is 15.8 Å². The van der Waals surface area contributed by atoms with E-state index in [9.17, 15) is 0 Å². The van der Waals surface area contributed by atoms with E-state index in [0.717, 1.165) is 17.2 Å². The first-order valence-corrected chi connectivity index (χ1v) is 13.3. The van der Waals surface area contributed by atoms with Gasteiger partial charge >= 0.3 is 0 Å². The Balaban J connectivity index is 1.85. The molecule has 1 fully saturated rings. The summed E-state index contributed by atoms with van der Waals surface area (Å²) in [6.45, 7) is 15.0. The van der Waals surface area contributed by atoms with Gasteiger partial charge in [-0.3, -0.25) is 0 Å².